The van der Waals surface area contributed by atoms with Crippen LogP contribution in [0.3, 0.4) is 0 Å². The summed E-state index contributed by atoms with van der Waals surface area (Å²) in [7, 11) is 2.01. The molecule has 0 atom stereocenters. The van der Waals surface area contributed by atoms with Crippen molar-refractivity contribution >= 4 is 57.4 Å². The van der Waals surface area contributed by atoms with E-state index in [2.05, 4.69) is 34.4 Å². The topological polar surface area (TPSA) is 69.5 Å². The molecule has 6 rings (SSSR count). The first-order valence-corrected chi connectivity index (χ1v) is 16.1. The number of hydrogen-bond donors (Lipinski definition) is 1. The van der Waals surface area contributed by atoms with Gasteiger partial charge in [0.25, 0.3) is 5.91 Å². The molecule has 4 aromatic carbocycles. The Kier molecular flexibility index (Phi) is 9.04. The first-order valence-electron chi connectivity index (χ1n) is 14.5. The molecule has 2 aliphatic rings. The van der Waals surface area contributed by atoms with Crippen LogP contribution in [0.5, 0.6) is 0 Å². The number of oxime groups is 1. The molecule has 2 heterocycles. The Hall–Kier alpha value is -4.47. The number of rotatable bonds is 9. The minimum Gasteiger partial charge on any atom is -0.391 e. The molecule has 9 heteroatoms. The van der Waals surface area contributed by atoms with E-state index in [1.807, 2.05) is 105 Å². The number of carbonyl (C=O) groups is 1. The molecule has 0 unspecified atom stereocenters. The maximum Gasteiger partial charge on any atom is 0.269 e. The largest absolute Gasteiger partial charge is 0.391 e. The van der Waals surface area contributed by atoms with Crippen molar-refractivity contribution in [2.45, 2.75) is 31.9 Å². The second-order valence-corrected chi connectivity index (χ2v) is 12.3. The molecule has 1 amide bonds. The lowest BCUT2D eigenvalue weighted by atomic mass is 10.1. The molecular weight excluding hydrogens is 587 g/mol. The molecule has 1 fully saturated rings. The van der Waals surface area contributed by atoms with E-state index < -0.39 is 0 Å². The average Bonchev–Trinajstić information content (AvgIpc) is 3.54. The highest BCUT2D eigenvalue weighted by atomic mass is 32.2. The van der Waals surface area contributed by atoms with E-state index in [0.29, 0.717) is 23.2 Å². The fraction of sp³-hybridized carbons (Fsp3) is 0.171. The van der Waals surface area contributed by atoms with Gasteiger partial charge in [0.1, 0.15) is 11.5 Å². The van der Waals surface area contributed by atoms with Crippen LogP contribution in [0.4, 0.5) is 17.1 Å². The SMILES string of the molecule is CCNc1ccc(/C(C)=N/OCc2ccccc2)cc1/N=C1\S/C(=C2\Sc3ccccc3N2C)C(=O)N1Cc1ccccc1. The molecule has 0 spiro atoms. The zero-order chi connectivity index (χ0) is 30.5. The van der Waals surface area contributed by atoms with Crippen molar-refractivity contribution in [1.29, 1.82) is 0 Å². The normalized spacial score (nSPS) is 17.4. The Bertz CT molecular complexity index is 1760. The van der Waals surface area contributed by atoms with E-state index in [0.717, 1.165) is 55.9 Å². The Balaban J connectivity index is 1.35. The minimum absolute atomic E-state index is 0.0482. The van der Waals surface area contributed by atoms with Gasteiger partial charge in [-0.05, 0) is 61.0 Å². The number of nitrogens with one attached hydrogen (secondary N) is 1. The van der Waals surface area contributed by atoms with Crippen molar-refractivity contribution in [2.24, 2.45) is 10.1 Å². The molecule has 0 radical (unpaired) electrons. The number of fused-ring (bicyclic) bond motifs is 1. The Morgan fingerprint density at radius 1 is 0.886 bits per heavy atom. The number of carbonyl (C=O) groups excluding carboxylic acids is 1. The van der Waals surface area contributed by atoms with Gasteiger partial charge in [-0.25, -0.2) is 4.99 Å². The van der Waals surface area contributed by atoms with Gasteiger partial charge in [0.15, 0.2) is 5.17 Å². The highest BCUT2D eigenvalue weighted by Gasteiger charge is 2.39. The molecule has 1 N–H and O–H groups in total. The van der Waals surface area contributed by atoms with E-state index in [4.69, 9.17) is 9.83 Å². The highest BCUT2D eigenvalue weighted by molar-refractivity contribution is 8.19. The van der Waals surface area contributed by atoms with Crippen LogP contribution in [0.15, 0.2) is 128 Å². The lowest BCUT2D eigenvalue weighted by molar-refractivity contribution is -0.122. The molecule has 2 aliphatic heterocycles. The van der Waals surface area contributed by atoms with Gasteiger partial charge in [-0.2, -0.15) is 0 Å². The third-order valence-corrected chi connectivity index (χ3v) is 9.69. The first kappa shape index (κ1) is 29.6. The summed E-state index contributed by atoms with van der Waals surface area (Å²) in [6.45, 7) is 5.53. The van der Waals surface area contributed by atoms with Gasteiger partial charge in [0, 0.05) is 24.1 Å². The van der Waals surface area contributed by atoms with Crippen LogP contribution in [0, 0.1) is 0 Å². The minimum atomic E-state index is -0.0482. The summed E-state index contributed by atoms with van der Waals surface area (Å²) in [5.41, 5.74) is 6.44. The van der Waals surface area contributed by atoms with Crippen molar-refractivity contribution in [3.8, 4) is 0 Å². The lowest BCUT2D eigenvalue weighted by Gasteiger charge is -2.17. The predicted octanol–water partition coefficient (Wildman–Crippen LogP) is 8.23. The Morgan fingerprint density at radius 3 is 2.32 bits per heavy atom. The third kappa shape index (κ3) is 6.39. The number of anilines is 2. The number of benzene rings is 4. The fourth-order valence-corrected chi connectivity index (χ4v) is 7.28. The second-order valence-electron chi connectivity index (χ2n) is 10.3. The molecular formula is C35H33N5O2S2. The van der Waals surface area contributed by atoms with Gasteiger partial charge in [0.05, 0.1) is 34.3 Å². The summed E-state index contributed by atoms with van der Waals surface area (Å²) >= 11 is 3.05. The Morgan fingerprint density at radius 2 is 1.59 bits per heavy atom. The molecule has 44 heavy (non-hydrogen) atoms. The zero-order valence-corrected chi connectivity index (χ0v) is 26.5. The molecule has 0 saturated carbocycles. The van der Waals surface area contributed by atoms with Crippen molar-refractivity contribution in [3.05, 3.63) is 130 Å². The summed E-state index contributed by atoms with van der Waals surface area (Å²) in [6, 6.07) is 34.2. The van der Waals surface area contributed by atoms with Gasteiger partial charge in [-0.15, -0.1) is 0 Å². The maximum atomic E-state index is 14.1. The van der Waals surface area contributed by atoms with E-state index in [9.17, 15) is 4.79 Å². The number of hydrogen-bond acceptors (Lipinski definition) is 8. The maximum absolute atomic E-state index is 14.1. The fourth-order valence-electron chi connectivity index (χ4n) is 4.95. The Labute approximate surface area is 266 Å². The number of thioether (sulfide) groups is 2. The number of nitrogens with zero attached hydrogens (tertiary/aromatic N) is 4. The summed E-state index contributed by atoms with van der Waals surface area (Å²) < 4.78 is 0. The number of para-hydroxylation sites is 1. The van der Waals surface area contributed by atoms with Crippen molar-refractivity contribution in [3.63, 3.8) is 0 Å². The van der Waals surface area contributed by atoms with Crippen LogP contribution in [0.1, 0.15) is 30.5 Å². The van der Waals surface area contributed by atoms with E-state index >= 15 is 0 Å². The molecule has 0 bridgehead atoms. The van der Waals surface area contributed by atoms with Crippen LogP contribution in [0.2, 0.25) is 0 Å². The van der Waals surface area contributed by atoms with Crippen LogP contribution in [-0.2, 0) is 22.8 Å². The van der Waals surface area contributed by atoms with Crippen LogP contribution in [-0.4, -0.2) is 35.3 Å². The summed E-state index contributed by atoms with van der Waals surface area (Å²) in [5.74, 6) is -0.0482. The summed E-state index contributed by atoms with van der Waals surface area (Å²) in [6.07, 6.45) is 0. The molecule has 0 aliphatic carbocycles. The zero-order valence-electron chi connectivity index (χ0n) is 24.9. The van der Waals surface area contributed by atoms with E-state index in [1.54, 1.807) is 16.7 Å². The lowest BCUT2D eigenvalue weighted by Crippen LogP contribution is -2.29. The predicted molar refractivity (Wildman–Crippen MR) is 183 cm³/mol. The van der Waals surface area contributed by atoms with Gasteiger partial charge < -0.3 is 15.1 Å². The van der Waals surface area contributed by atoms with Crippen LogP contribution < -0.4 is 10.2 Å². The third-order valence-electron chi connectivity index (χ3n) is 7.25. The van der Waals surface area contributed by atoms with Gasteiger partial charge in [-0.1, -0.05) is 95.8 Å². The summed E-state index contributed by atoms with van der Waals surface area (Å²) in [4.78, 5) is 30.6. The van der Waals surface area contributed by atoms with Crippen LogP contribution in [0.25, 0.3) is 0 Å². The first-order chi connectivity index (χ1) is 21.5. The van der Waals surface area contributed by atoms with Gasteiger partial charge in [-0.3, -0.25) is 9.69 Å². The number of amidine groups is 1. The van der Waals surface area contributed by atoms with Crippen molar-refractivity contribution < 1.29 is 9.63 Å². The van der Waals surface area contributed by atoms with Crippen LogP contribution >= 0.6 is 23.5 Å². The van der Waals surface area contributed by atoms with Gasteiger partial charge >= 0.3 is 0 Å². The standard InChI is InChI=1S/C35H33N5O2S2/c1-4-36-28-20-19-27(24(2)38-42-23-26-15-9-6-10-16-26)21-29(28)37-35-40(22-25-13-7-5-8-14-25)33(41)32(44-35)34-39(3)30-17-11-12-18-31(30)43-34/h5-21,36H,4,22-23H2,1-3H3/b34-32-,37-35-,38-24+. The average molecular weight is 620 g/mol. The second kappa shape index (κ2) is 13.4. The van der Waals surface area contributed by atoms with Gasteiger partial charge in [0.2, 0.25) is 0 Å². The van der Waals surface area contributed by atoms with Crippen molar-refractivity contribution in [1.82, 2.24) is 4.90 Å². The molecule has 222 valence electrons. The van der Waals surface area contributed by atoms with Crippen molar-refractivity contribution in [2.75, 3.05) is 23.8 Å². The monoisotopic (exact) mass is 619 g/mol. The summed E-state index contributed by atoms with van der Waals surface area (Å²) in [5, 5.41) is 9.36. The number of amides is 1. The molecule has 1 saturated heterocycles. The highest BCUT2D eigenvalue weighted by Crippen LogP contribution is 2.50. The number of aliphatic imine (C=N–C) groups is 1. The van der Waals surface area contributed by atoms with E-state index in [-0.39, 0.29) is 5.91 Å². The quantitative estimate of drug-likeness (QED) is 0.116. The van der Waals surface area contributed by atoms with E-state index in [1.165, 1.54) is 11.8 Å². The molecule has 0 aromatic heterocycles. The molecule has 4 aromatic rings. The molecule has 7 nitrogen and oxygen atoms in total. The smallest absolute Gasteiger partial charge is 0.269 e.